The third-order valence-corrected chi connectivity index (χ3v) is 5.98. The first-order valence-electron chi connectivity index (χ1n) is 11.1. The second-order valence-electron chi connectivity index (χ2n) is 8.08. The number of carbonyl (C=O) groups excluding carboxylic acids is 1. The Balaban J connectivity index is 1.18. The van der Waals surface area contributed by atoms with E-state index in [1.165, 1.54) is 0 Å². The Hall–Kier alpha value is -3.05. The number of hydrogen-bond donors (Lipinski definition) is 0. The van der Waals surface area contributed by atoms with Gasteiger partial charge in [-0.1, -0.05) is 35.9 Å². The topological polar surface area (TPSA) is 45.7 Å². The fraction of sp³-hybridized carbons (Fsp3) is 0.308. The number of benzene rings is 2. The van der Waals surface area contributed by atoms with E-state index >= 15 is 0 Å². The van der Waals surface area contributed by atoms with Crippen LogP contribution in [-0.4, -0.2) is 41.7 Å². The normalized spacial score (nSPS) is 14.6. The van der Waals surface area contributed by atoms with Gasteiger partial charge in [-0.3, -0.25) is 9.88 Å². The highest BCUT2D eigenvalue weighted by molar-refractivity contribution is 6.30. The number of nitrogens with zero attached hydrogens (tertiary/aromatic N) is 3. The summed E-state index contributed by atoms with van der Waals surface area (Å²) < 4.78 is 6.08. The Kier molecular flexibility index (Phi) is 7.28. The Morgan fingerprint density at radius 1 is 0.938 bits per heavy atom. The minimum atomic E-state index is 0.0845. The van der Waals surface area contributed by atoms with Gasteiger partial charge in [-0.2, -0.15) is 0 Å². The number of hydrogen-bond acceptors (Lipinski definition) is 3. The van der Waals surface area contributed by atoms with Crippen LogP contribution in [-0.2, 0) is 0 Å². The molecular formula is C26H28ClN3O2. The van der Waals surface area contributed by atoms with Crippen LogP contribution in [0.4, 0.5) is 10.5 Å². The van der Waals surface area contributed by atoms with E-state index in [0.29, 0.717) is 0 Å². The van der Waals surface area contributed by atoms with Crippen LogP contribution in [0.5, 0.6) is 5.75 Å². The molecular weight excluding hydrogens is 422 g/mol. The van der Waals surface area contributed by atoms with E-state index in [9.17, 15) is 4.79 Å². The summed E-state index contributed by atoms with van der Waals surface area (Å²) in [6, 6.07) is 19.8. The zero-order valence-electron chi connectivity index (χ0n) is 18.3. The lowest BCUT2D eigenvalue weighted by Crippen LogP contribution is -2.32. The van der Waals surface area contributed by atoms with Gasteiger partial charge in [0.15, 0.2) is 0 Å². The molecule has 1 atom stereocenters. The molecule has 0 bridgehead atoms. The van der Waals surface area contributed by atoms with Crippen LogP contribution in [0.1, 0.15) is 26.2 Å². The largest absolute Gasteiger partial charge is 0.491 e. The zero-order valence-corrected chi connectivity index (χ0v) is 19.0. The SMILES string of the molecule is CC(CCCCN1CCN(c2ccncc2)C1=O)Oc1ccc(-c2ccc(Cl)cc2)cc1. The lowest BCUT2D eigenvalue weighted by atomic mass is 10.1. The third kappa shape index (κ3) is 5.60. The van der Waals surface area contributed by atoms with Gasteiger partial charge >= 0.3 is 6.03 Å². The minimum absolute atomic E-state index is 0.0845. The average molecular weight is 450 g/mol. The predicted octanol–water partition coefficient (Wildman–Crippen LogP) is 6.28. The molecule has 2 amide bonds. The van der Waals surface area contributed by atoms with Gasteiger partial charge in [0.05, 0.1) is 6.10 Å². The molecule has 1 aromatic heterocycles. The fourth-order valence-electron chi connectivity index (χ4n) is 3.95. The van der Waals surface area contributed by atoms with E-state index in [2.05, 4.69) is 24.0 Å². The number of halogens is 1. The molecule has 6 heteroatoms. The smallest absolute Gasteiger partial charge is 0.324 e. The van der Waals surface area contributed by atoms with Gasteiger partial charge in [0.2, 0.25) is 0 Å². The third-order valence-electron chi connectivity index (χ3n) is 5.73. The standard InChI is InChI=1S/C26H28ClN3O2/c1-20(32-25-11-7-22(8-12-25)21-5-9-23(27)10-6-21)4-2-3-17-29-18-19-30(26(29)31)24-13-15-28-16-14-24/h5-16,20H,2-4,17-19H2,1H3. The highest BCUT2D eigenvalue weighted by Crippen LogP contribution is 2.25. The van der Waals surface area contributed by atoms with Crippen LogP contribution in [0, 0.1) is 0 Å². The van der Waals surface area contributed by atoms with Crippen molar-refractivity contribution in [3.63, 3.8) is 0 Å². The molecule has 0 aliphatic carbocycles. The summed E-state index contributed by atoms with van der Waals surface area (Å²) in [6.45, 7) is 4.38. The molecule has 2 aromatic carbocycles. The Morgan fingerprint density at radius 2 is 1.59 bits per heavy atom. The number of amides is 2. The molecule has 32 heavy (non-hydrogen) atoms. The summed E-state index contributed by atoms with van der Waals surface area (Å²) in [5.74, 6) is 0.873. The summed E-state index contributed by atoms with van der Waals surface area (Å²) in [4.78, 5) is 20.4. The lowest BCUT2D eigenvalue weighted by molar-refractivity contribution is 0.201. The van der Waals surface area contributed by atoms with Crippen molar-refractivity contribution in [2.24, 2.45) is 0 Å². The van der Waals surface area contributed by atoms with E-state index in [1.807, 2.05) is 58.3 Å². The zero-order chi connectivity index (χ0) is 22.3. The van der Waals surface area contributed by atoms with Crippen molar-refractivity contribution < 1.29 is 9.53 Å². The van der Waals surface area contributed by atoms with Crippen molar-refractivity contribution >= 4 is 23.3 Å². The van der Waals surface area contributed by atoms with E-state index in [0.717, 1.165) is 66.5 Å². The Labute approximate surface area is 194 Å². The van der Waals surface area contributed by atoms with Crippen molar-refractivity contribution in [2.75, 3.05) is 24.5 Å². The average Bonchev–Trinajstić information content (AvgIpc) is 3.18. The summed E-state index contributed by atoms with van der Waals surface area (Å²) in [6.07, 6.45) is 6.51. The predicted molar refractivity (Wildman–Crippen MR) is 129 cm³/mol. The molecule has 1 saturated heterocycles. The number of aromatic nitrogens is 1. The first kappa shape index (κ1) is 22.2. The van der Waals surface area contributed by atoms with Crippen LogP contribution < -0.4 is 9.64 Å². The molecule has 166 valence electrons. The minimum Gasteiger partial charge on any atom is -0.491 e. The van der Waals surface area contributed by atoms with Crippen LogP contribution in [0.2, 0.25) is 5.02 Å². The number of pyridine rings is 1. The molecule has 3 aromatic rings. The number of urea groups is 1. The molecule has 0 N–H and O–H groups in total. The molecule has 1 aliphatic heterocycles. The molecule has 2 heterocycles. The van der Waals surface area contributed by atoms with Crippen molar-refractivity contribution in [3.05, 3.63) is 78.1 Å². The van der Waals surface area contributed by atoms with Crippen molar-refractivity contribution in [2.45, 2.75) is 32.3 Å². The molecule has 1 aliphatic rings. The van der Waals surface area contributed by atoms with Crippen molar-refractivity contribution in [3.8, 4) is 16.9 Å². The van der Waals surface area contributed by atoms with Gasteiger partial charge in [0.25, 0.3) is 0 Å². The highest BCUT2D eigenvalue weighted by atomic mass is 35.5. The van der Waals surface area contributed by atoms with E-state index in [4.69, 9.17) is 16.3 Å². The van der Waals surface area contributed by atoms with Gasteiger partial charge in [-0.25, -0.2) is 4.79 Å². The summed E-state index contributed by atoms with van der Waals surface area (Å²) >= 11 is 5.97. The van der Waals surface area contributed by atoms with Gasteiger partial charge in [0, 0.05) is 42.7 Å². The molecule has 1 unspecified atom stereocenters. The maximum absolute atomic E-state index is 12.6. The molecule has 0 saturated carbocycles. The fourth-order valence-corrected chi connectivity index (χ4v) is 4.07. The maximum Gasteiger partial charge on any atom is 0.324 e. The van der Waals surface area contributed by atoms with Crippen molar-refractivity contribution in [1.29, 1.82) is 0 Å². The molecule has 0 radical (unpaired) electrons. The monoisotopic (exact) mass is 449 g/mol. The van der Waals surface area contributed by atoms with E-state index in [-0.39, 0.29) is 12.1 Å². The second kappa shape index (κ2) is 10.5. The van der Waals surface area contributed by atoms with Gasteiger partial charge in [0.1, 0.15) is 5.75 Å². The van der Waals surface area contributed by atoms with Crippen molar-refractivity contribution in [1.82, 2.24) is 9.88 Å². The summed E-state index contributed by atoms with van der Waals surface area (Å²) in [5.41, 5.74) is 3.18. The summed E-state index contributed by atoms with van der Waals surface area (Å²) in [7, 11) is 0. The van der Waals surface area contributed by atoms with Crippen LogP contribution in [0.3, 0.4) is 0 Å². The van der Waals surface area contributed by atoms with Crippen LogP contribution in [0.25, 0.3) is 11.1 Å². The molecule has 0 spiro atoms. The first-order chi connectivity index (χ1) is 15.6. The first-order valence-corrected chi connectivity index (χ1v) is 11.5. The Morgan fingerprint density at radius 3 is 2.28 bits per heavy atom. The highest BCUT2D eigenvalue weighted by Gasteiger charge is 2.28. The van der Waals surface area contributed by atoms with Gasteiger partial charge < -0.3 is 9.64 Å². The van der Waals surface area contributed by atoms with Crippen LogP contribution >= 0.6 is 11.6 Å². The Bertz CT molecular complexity index is 1010. The number of carbonyl (C=O) groups is 1. The number of rotatable bonds is 9. The molecule has 1 fully saturated rings. The molecule has 4 rings (SSSR count). The number of ether oxygens (including phenoxy) is 1. The number of unbranched alkanes of at least 4 members (excludes halogenated alkanes) is 1. The summed E-state index contributed by atoms with van der Waals surface area (Å²) in [5, 5.41) is 0.739. The maximum atomic E-state index is 12.6. The van der Waals surface area contributed by atoms with Gasteiger partial charge in [-0.05, 0) is 73.7 Å². The number of anilines is 1. The lowest BCUT2D eigenvalue weighted by Gasteiger charge is -2.19. The van der Waals surface area contributed by atoms with Crippen LogP contribution in [0.15, 0.2) is 73.1 Å². The second-order valence-corrected chi connectivity index (χ2v) is 8.52. The van der Waals surface area contributed by atoms with Gasteiger partial charge in [-0.15, -0.1) is 0 Å². The van der Waals surface area contributed by atoms with E-state index < -0.39 is 0 Å². The molecule has 5 nitrogen and oxygen atoms in total. The quantitative estimate of drug-likeness (QED) is 0.361. The van der Waals surface area contributed by atoms with E-state index in [1.54, 1.807) is 12.4 Å².